The van der Waals surface area contributed by atoms with Crippen LogP contribution >= 0.6 is 15.9 Å². The third-order valence-electron chi connectivity index (χ3n) is 3.74. The predicted molar refractivity (Wildman–Crippen MR) is 94.3 cm³/mol. The fraction of sp³-hybridized carbons (Fsp3) is 0.167. The SMILES string of the molecule is Cc1nc2ncccc2cc1C(=O)N[C@H](C)c1ccc(Br)cc1. The molecule has 0 aliphatic rings. The van der Waals surface area contributed by atoms with Crippen molar-refractivity contribution >= 4 is 32.9 Å². The summed E-state index contributed by atoms with van der Waals surface area (Å²) in [4.78, 5) is 21.2. The van der Waals surface area contributed by atoms with Crippen LogP contribution in [-0.2, 0) is 0 Å². The maximum absolute atomic E-state index is 12.6. The van der Waals surface area contributed by atoms with E-state index in [2.05, 4.69) is 31.2 Å². The summed E-state index contributed by atoms with van der Waals surface area (Å²) in [6, 6.07) is 13.4. The summed E-state index contributed by atoms with van der Waals surface area (Å²) in [6.45, 7) is 3.79. The molecule has 1 N–H and O–H groups in total. The molecule has 0 saturated heterocycles. The lowest BCUT2D eigenvalue weighted by atomic mass is 10.1. The molecule has 0 bridgehead atoms. The average Bonchev–Trinajstić information content (AvgIpc) is 2.54. The minimum atomic E-state index is -0.129. The summed E-state index contributed by atoms with van der Waals surface area (Å²) >= 11 is 3.41. The van der Waals surface area contributed by atoms with E-state index in [-0.39, 0.29) is 11.9 Å². The van der Waals surface area contributed by atoms with Gasteiger partial charge in [-0.15, -0.1) is 0 Å². The van der Waals surface area contributed by atoms with Crippen molar-refractivity contribution in [2.45, 2.75) is 19.9 Å². The van der Waals surface area contributed by atoms with Crippen molar-refractivity contribution in [2.24, 2.45) is 0 Å². The van der Waals surface area contributed by atoms with Gasteiger partial charge in [0.15, 0.2) is 5.65 Å². The number of hydrogen-bond acceptors (Lipinski definition) is 3. The Morgan fingerprint density at radius 1 is 1.22 bits per heavy atom. The number of fused-ring (bicyclic) bond motifs is 1. The fourth-order valence-electron chi connectivity index (χ4n) is 2.43. The average molecular weight is 370 g/mol. The number of nitrogens with one attached hydrogen (secondary N) is 1. The maximum atomic E-state index is 12.6. The summed E-state index contributed by atoms with van der Waals surface area (Å²) in [5.74, 6) is -0.129. The number of amides is 1. The van der Waals surface area contributed by atoms with Crippen LogP contribution in [0, 0.1) is 6.92 Å². The second-order valence-corrected chi connectivity index (χ2v) is 6.33. The first-order valence-corrected chi connectivity index (χ1v) is 8.12. The van der Waals surface area contributed by atoms with Gasteiger partial charge in [0, 0.05) is 16.1 Å². The van der Waals surface area contributed by atoms with Crippen molar-refractivity contribution in [1.29, 1.82) is 0 Å². The quantitative estimate of drug-likeness (QED) is 0.752. The first kappa shape index (κ1) is 15.6. The number of nitrogens with zero attached hydrogens (tertiary/aromatic N) is 2. The minimum Gasteiger partial charge on any atom is -0.345 e. The van der Waals surface area contributed by atoms with Crippen LogP contribution in [0.2, 0.25) is 0 Å². The molecule has 23 heavy (non-hydrogen) atoms. The molecule has 0 aliphatic heterocycles. The highest BCUT2D eigenvalue weighted by Crippen LogP contribution is 2.19. The molecule has 0 unspecified atom stereocenters. The van der Waals surface area contributed by atoms with E-state index in [0.29, 0.717) is 16.9 Å². The molecule has 2 aromatic heterocycles. The number of halogens is 1. The Labute approximate surface area is 143 Å². The highest BCUT2D eigenvalue weighted by molar-refractivity contribution is 9.10. The van der Waals surface area contributed by atoms with Crippen molar-refractivity contribution in [2.75, 3.05) is 0 Å². The number of pyridine rings is 2. The van der Waals surface area contributed by atoms with Gasteiger partial charge in [0.1, 0.15) is 0 Å². The van der Waals surface area contributed by atoms with Gasteiger partial charge < -0.3 is 5.32 Å². The highest BCUT2D eigenvalue weighted by Gasteiger charge is 2.15. The Kier molecular flexibility index (Phi) is 4.39. The van der Waals surface area contributed by atoms with Gasteiger partial charge in [0.05, 0.1) is 17.3 Å². The highest BCUT2D eigenvalue weighted by atomic mass is 79.9. The van der Waals surface area contributed by atoms with Crippen molar-refractivity contribution in [3.05, 3.63) is 70.0 Å². The van der Waals surface area contributed by atoms with E-state index < -0.39 is 0 Å². The van der Waals surface area contributed by atoms with Gasteiger partial charge in [0.2, 0.25) is 0 Å². The number of aryl methyl sites for hydroxylation is 1. The van der Waals surface area contributed by atoms with Crippen LogP contribution in [0.5, 0.6) is 0 Å². The molecule has 0 saturated carbocycles. The van der Waals surface area contributed by atoms with Crippen LogP contribution < -0.4 is 5.32 Å². The van der Waals surface area contributed by atoms with Crippen LogP contribution in [0.4, 0.5) is 0 Å². The molecule has 1 amide bonds. The largest absolute Gasteiger partial charge is 0.345 e. The molecule has 0 radical (unpaired) electrons. The topological polar surface area (TPSA) is 54.9 Å². The summed E-state index contributed by atoms with van der Waals surface area (Å²) < 4.78 is 1.02. The zero-order valence-corrected chi connectivity index (χ0v) is 14.5. The second-order valence-electron chi connectivity index (χ2n) is 5.42. The van der Waals surface area contributed by atoms with Gasteiger partial charge in [-0.1, -0.05) is 28.1 Å². The molecular weight excluding hydrogens is 354 g/mol. The zero-order chi connectivity index (χ0) is 16.4. The normalized spacial score (nSPS) is 12.1. The van der Waals surface area contributed by atoms with Crippen molar-refractivity contribution in [3.63, 3.8) is 0 Å². The van der Waals surface area contributed by atoms with Gasteiger partial charge in [-0.2, -0.15) is 0 Å². The smallest absolute Gasteiger partial charge is 0.253 e. The van der Waals surface area contributed by atoms with Gasteiger partial charge in [-0.05, 0) is 49.7 Å². The third-order valence-corrected chi connectivity index (χ3v) is 4.27. The van der Waals surface area contributed by atoms with Gasteiger partial charge in [-0.25, -0.2) is 9.97 Å². The summed E-state index contributed by atoms with van der Waals surface area (Å²) in [5.41, 5.74) is 2.96. The van der Waals surface area contributed by atoms with Crippen LogP contribution in [0.3, 0.4) is 0 Å². The lowest BCUT2D eigenvalue weighted by molar-refractivity contribution is 0.0939. The van der Waals surface area contributed by atoms with Gasteiger partial charge in [-0.3, -0.25) is 4.79 Å². The molecule has 3 rings (SSSR count). The van der Waals surface area contributed by atoms with Crippen LogP contribution in [-0.4, -0.2) is 15.9 Å². The molecule has 116 valence electrons. The number of benzene rings is 1. The molecule has 2 heterocycles. The lowest BCUT2D eigenvalue weighted by Gasteiger charge is -2.15. The summed E-state index contributed by atoms with van der Waals surface area (Å²) in [6.07, 6.45) is 1.70. The lowest BCUT2D eigenvalue weighted by Crippen LogP contribution is -2.27. The Morgan fingerprint density at radius 2 is 1.96 bits per heavy atom. The maximum Gasteiger partial charge on any atom is 0.253 e. The van der Waals surface area contributed by atoms with E-state index in [4.69, 9.17) is 0 Å². The number of carbonyl (C=O) groups is 1. The van der Waals surface area contributed by atoms with E-state index in [1.807, 2.05) is 56.3 Å². The zero-order valence-electron chi connectivity index (χ0n) is 12.9. The minimum absolute atomic E-state index is 0.0837. The first-order chi connectivity index (χ1) is 11.0. The second kappa shape index (κ2) is 6.46. The molecular formula is C18H16BrN3O. The van der Waals surface area contributed by atoms with E-state index >= 15 is 0 Å². The molecule has 1 aromatic carbocycles. The molecule has 0 spiro atoms. The van der Waals surface area contributed by atoms with Gasteiger partial charge in [0.25, 0.3) is 5.91 Å². The molecule has 1 atom stereocenters. The monoisotopic (exact) mass is 369 g/mol. The van der Waals surface area contributed by atoms with Crippen LogP contribution in [0.1, 0.15) is 34.6 Å². The third kappa shape index (κ3) is 3.40. The summed E-state index contributed by atoms with van der Waals surface area (Å²) in [7, 11) is 0. The molecule has 5 heteroatoms. The first-order valence-electron chi connectivity index (χ1n) is 7.33. The van der Waals surface area contributed by atoms with E-state index in [9.17, 15) is 4.79 Å². The van der Waals surface area contributed by atoms with Crippen molar-refractivity contribution < 1.29 is 4.79 Å². The van der Waals surface area contributed by atoms with Crippen molar-refractivity contribution in [3.8, 4) is 0 Å². The van der Waals surface area contributed by atoms with Crippen LogP contribution in [0.25, 0.3) is 11.0 Å². The van der Waals surface area contributed by atoms with E-state index in [1.165, 1.54) is 0 Å². The molecule has 0 aliphatic carbocycles. The Hall–Kier alpha value is -2.27. The predicted octanol–water partition coefficient (Wildman–Crippen LogP) is 4.19. The number of aromatic nitrogens is 2. The molecule has 4 nitrogen and oxygen atoms in total. The number of hydrogen-bond donors (Lipinski definition) is 1. The van der Waals surface area contributed by atoms with E-state index in [1.54, 1.807) is 6.20 Å². The Bertz CT molecular complexity index is 862. The fourth-order valence-corrected chi connectivity index (χ4v) is 2.70. The molecule has 3 aromatic rings. The van der Waals surface area contributed by atoms with Gasteiger partial charge >= 0.3 is 0 Å². The Morgan fingerprint density at radius 3 is 2.70 bits per heavy atom. The van der Waals surface area contributed by atoms with Crippen molar-refractivity contribution in [1.82, 2.24) is 15.3 Å². The van der Waals surface area contributed by atoms with Crippen LogP contribution in [0.15, 0.2) is 53.1 Å². The Balaban J connectivity index is 1.85. The van der Waals surface area contributed by atoms with E-state index in [0.717, 1.165) is 15.4 Å². The summed E-state index contributed by atoms with van der Waals surface area (Å²) in [5, 5.41) is 3.88. The standard InChI is InChI=1S/C18H16BrN3O/c1-11(13-5-7-15(19)8-6-13)22-18(23)16-10-14-4-3-9-20-17(14)21-12(16)2/h3-11H,1-2H3,(H,22,23)/t11-/m1/s1. The number of carbonyl (C=O) groups excluding carboxylic acids is 1. The number of rotatable bonds is 3. The molecule has 0 fully saturated rings.